The molecule has 0 amide bonds. The second kappa shape index (κ2) is 10.3. The smallest absolute Gasteiger partial charge is 0.161 e. The first-order valence-electron chi connectivity index (χ1n) is 10.7. The minimum absolute atomic E-state index is 0.166. The summed E-state index contributed by atoms with van der Waals surface area (Å²) in [6.07, 6.45) is 4.01. The van der Waals surface area contributed by atoms with E-state index in [-0.39, 0.29) is 6.10 Å². The van der Waals surface area contributed by atoms with Gasteiger partial charge in [-0.15, -0.1) is 0 Å². The quantitative estimate of drug-likeness (QED) is 0.648. The number of ether oxygens (including phenoxy) is 4. The molecular weight excluding hydrogens is 384 g/mol. The maximum Gasteiger partial charge on any atom is 0.161 e. The van der Waals surface area contributed by atoms with E-state index in [1.807, 2.05) is 30.6 Å². The van der Waals surface area contributed by atoms with Crippen LogP contribution >= 0.6 is 0 Å². The molecule has 2 aliphatic heterocycles. The minimum atomic E-state index is 0.166. The van der Waals surface area contributed by atoms with Crippen LogP contribution in [0.3, 0.4) is 0 Å². The Morgan fingerprint density at radius 3 is 2.80 bits per heavy atom. The van der Waals surface area contributed by atoms with Crippen molar-refractivity contribution in [2.75, 3.05) is 73.3 Å². The number of aromatic nitrogens is 2. The molecule has 8 nitrogen and oxygen atoms in total. The van der Waals surface area contributed by atoms with Crippen molar-refractivity contribution in [1.82, 2.24) is 19.4 Å². The number of likely N-dealkylation sites (N-methyl/N-ethyl adjacent to an activating group) is 1. The summed E-state index contributed by atoms with van der Waals surface area (Å²) in [4.78, 5) is 9.26. The van der Waals surface area contributed by atoms with Crippen LogP contribution in [0.5, 0.6) is 11.5 Å². The van der Waals surface area contributed by atoms with Gasteiger partial charge in [0.25, 0.3) is 0 Å². The Morgan fingerprint density at radius 1 is 1.13 bits per heavy atom. The lowest BCUT2D eigenvalue weighted by atomic mass is 10.2. The zero-order valence-corrected chi connectivity index (χ0v) is 18.0. The molecule has 1 unspecified atom stereocenters. The molecule has 4 rings (SSSR count). The van der Waals surface area contributed by atoms with Crippen molar-refractivity contribution in [2.45, 2.75) is 12.6 Å². The van der Waals surface area contributed by atoms with Gasteiger partial charge >= 0.3 is 0 Å². The van der Waals surface area contributed by atoms with Crippen molar-refractivity contribution in [3.8, 4) is 22.9 Å². The Labute approximate surface area is 178 Å². The maximum absolute atomic E-state index is 6.10. The van der Waals surface area contributed by atoms with E-state index in [4.69, 9.17) is 18.9 Å². The number of benzene rings is 1. The van der Waals surface area contributed by atoms with Gasteiger partial charge in [0.2, 0.25) is 0 Å². The van der Waals surface area contributed by atoms with E-state index in [2.05, 4.69) is 26.4 Å². The minimum Gasteiger partial charge on any atom is -0.493 e. The molecule has 164 valence electrons. The van der Waals surface area contributed by atoms with Crippen LogP contribution < -0.4 is 9.47 Å². The largest absolute Gasteiger partial charge is 0.493 e. The van der Waals surface area contributed by atoms with Crippen LogP contribution in [0, 0.1) is 0 Å². The van der Waals surface area contributed by atoms with Crippen LogP contribution in [0.15, 0.2) is 30.6 Å². The van der Waals surface area contributed by atoms with Gasteiger partial charge in [-0.05, 0) is 25.2 Å². The van der Waals surface area contributed by atoms with Crippen molar-refractivity contribution in [1.29, 1.82) is 0 Å². The summed E-state index contributed by atoms with van der Waals surface area (Å²) in [5.74, 6) is 2.38. The molecule has 0 bridgehead atoms. The number of nitrogens with zero attached hydrogens (tertiary/aromatic N) is 4. The predicted octanol–water partition coefficient (Wildman–Crippen LogP) is 1.60. The third-order valence-electron chi connectivity index (χ3n) is 5.65. The molecular formula is C22H32N4O4. The lowest BCUT2D eigenvalue weighted by Crippen LogP contribution is -2.41. The fourth-order valence-corrected chi connectivity index (χ4v) is 3.95. The molecule has 0 N–H and O–H groups in total. The Bertz CT molecular complexity index is 806. The van der Waals surface area contributed by atoms with Crippen molar-refractivity contribution in [3.63, 3.8) is 0 Å². The van der Waals surface area contributed by atoms with E-state index in [1.165, 1.54) is 0 Å². The fourth-order valence-electron chi connectivity index (χ4n) is 3.95. The Kier molecular flexibility index (Phi) is 7.22. The molecule has 0 aliphatic carbocycles. The van der Waals surface area contributed by atoms with Gasteiger partial charge in [0, 0.05) is 50.7 Å². The summed E-state index contributed by atoms with van der Waals surface area (Å²) in [5, 5.41) is 0. The van der Waals surface area contributed by atoms with Crippen molar-refractivity contribution in [3.05, 3.63) is 30.6 Å². The summed E-state index contributed by atoms with van der Waals surface area (Å²) >= 11 is 0. The third-order valence-corrected chi connectivity index (χ3v) is 5.65. The highest BCUT2D eigenvalue weighted by Gasteiger charge is 2.20. The van der Waals surface area contributed by atoms with Gasteiger partial charge in [0.15, 0.2) is 11.5 Å². The highest BCUT2D eigenvalue weighted by atomic mass is 16.5. The van der Waals surface area contributed by atoms with Crippen LogP contribution in [0.4, 0.5) is 0 Å². The number of rotatable bonds is 8. The van der Waals surface area contributed by atoms with Gasteiger partial charge in [-0.3, -0.25) is 4.90 Å². The highest BCUT2D eigenvalue weighted by Crippen LogP contribution is 2.32. The molecule has 2 saturated heterocycles. The first-order chi connectivity index (χ1) is 14.7. The van der Waals surface area contributed by atoms with Gasteiger partial charge in [-0.1, -0.05) is 0 Å². The van der Waals surface area contributed by atoms with Gasteiger partial charge in [0.1, 0.15) is 12.4 Å². The zero-order valence-electron chi connectivity index (χ0n) is 18.0. The van der Waals surface area contributed by atoms with Crippen LogP contribution in [0.1, 0.15) is 0 Å². The maximum atomic E-state index is 6.10. The molecule has 0 saturated carbocycles. The summed E-state index contributed by atoms with van der Waals surface area (Å²) in [6, 6.07) is 5.99. The molecule has 2 aliphatic rings. The van der Waals surface area contributed by atoms with E-state index < -0.39 is 0 Å². The van der Waals surface area contributed by atoms with E-state index >= 15 is 0 Å². The SMILES string of the molecule is COc1ccc(-c2nccn2CC2CN(C)CCO2)cc1OCCN1CCOCC1. The summed E-state index contributed by atoms with van der Waals surface area (Å²) in [6.45, 7) is 8.44. The molecule has 1 aromatic heterocycles. The molecule has 0 radical (unpaired) electrons. The standard InChI is InChI=1S/C22H32N4O4/c1-24-7-13-29-19(16-24)17-26-6-5-23-22(26)18-3-4-20(27-2)21(15-18)30-14-10-25-8-11-28-12-9-25/h3-6,15,19H,7-14,16-17H2,1-2H3. The number of morpholine rings is 2. The van der Waals surface area contributed by atoms with E-state index in [9.17, 15) is 0 Å². The Hall–Kier alpha value is -2.13. The molecule has 3 heterocycles. The zero-order chi connectivity index (χ0) is 20.8. The first-order valence-corrected chi connectivity index (χ1v) is 10.7. The van der Waals surface area contributed by atoms with Crippen LogP contribution in [-0.2, 0) is 16.0 Å². The topological polar surface area (TPSA) is 61.2 Å². The van der Waals surface area contributed by atoms with Gasteiger partial charge < -0.3 is 28.4 Å². The third kappa shape index (κ3) is 5.31. The first kappa shape index (κ1) is 21.1. The van der Waals surface area contributed by atoms with E-state index in [0.717, 1.165) is 82.0 Å². The molecule has 8 heteroatoms. The average Bonchev–Trinajstić information content (AvgIpc) is 3.22. The normalized spacial score (nSPS) is 20.9. The number of hydrogen-bond donors (Lipinski definition) is 0. The number of imidazole rings is 1. The predicted molar refractivity (Wildman–Crippen MR) is 114 cm³/mol. The monoisotopic (exact) mass is 416 g/mol. The fraction of sp³-hybridized carbons (Fsp3) is 0.591. The highest BCUT2D eigenvalue weighted by molar-refractivity contribution is 5.61. The molecule has 0 spiro atoms. The van der Waals surface area contributed by atoms with E-state index in [1.54, 1.807) is 7.11 Å². The van der Waals surface area contributed by atoms with Gasteiger partial charge in [-0.2, -0.15) is 0 Å². The van der Waals surface area contributed by atoms with Crippen molar-refractivity contribution < 1.29 is 18.9 Å². The molecule has 2 aromatic rings. The average molecular weight is 417 g/mol. The van der Waals surface area contributed by atoms with Crippen LogP contribution in [-0.4, -0.2) is 98.8 Å². The van der Waals surface area contributed by atoms with E-state index in [0.29, 0.717) is 6.61 Å². The molecule has 1 aromatic carbocycles. The summed E-state index contributed by atoms with van der Waals surface area (Å²) in [5.41, 5.74) is 1.01. The summed E-state index contributed by atoms with van der Waals surface area (Å²) < 4.78 is 25.1. The Balaban J connectivity index is 1.44. The molecule has 1 atom stereocenters. The van der Waals surface area contributed by atoms with Gasteiger partial charge in [-0.25, -0.2) is 4.98 Å². The second-order valence-corrected chi connectivity index (χ2v) is 7.83. The van der Waals surface area contributed by atoms with Crippen LogP contribution in [0.2, 0.25) is 0 Å². The lowest BCUT2D eigenvalue weighted by Gasteiger charge is -2.30. The Morgan fingerprint density at radius 2 is 2.00 bits per heavy atom. The number of hydrogen-bond acceptors (Lipinski definition) is 7. The molecule has 30 heavy (non-hydrogen) atoms. The van der Waals surface area contributed by atoms with Crippen molar-refractivity contribution in [2.24, 2.45) is 0 Å². The second-order valence-electron chi connectivity index (χ2n) is 7.83. The van der Waals surface area contributed by atoms with Crippen molar-refractivity contribution >= 4 is 0 Å². The lowest BCUT2D eigenvalue weighted by molar-refractivity contribution is -0.0272. The summed E-state index contributed by atoms with van der Waals surface area (Å²) in [7, 11) is 3.80. The number of methoxy groups -OCH3 is 1. The molecule has 2 fully saturated rings. The van der Waals surface area contributed by atoms with Gasteiger partial charge in [0.05, 0.1) is 39.6 Å². The van der Waals surface area contributed by atoms with Crippen LogP contribution in [0.25, 0.3) is 11.4 Å².